The van der Waals surface area contributed by atoms with Gasteiger partial charge in [-0.15, -0.1) is 0 Å². The lowest BCUT2D eigenvalue weighted by Gasteiger charge is -2.18. The first kappa shape index (κ1) is 24.4. The Hall–Kier alpha value is -2.62. The number of nitrogens with zero attached hydrogens (tertiary/aromatic N) is 2. The fourth-order valence-corrected chi connectivity index (χ4v) is 3.36. The van der Waals surface area contributed by atoms with E-state index >= 15 is 0 Å². The van der Waals surface area contributed by atoms with Gasteiger partial charge in [0, 0.05) is 11.9 Å². The Bertz CT molecular complexity index is 778. The first-order chi connectivity index (χ1) is 14.1. The maximum Gasteiger partial charge on any atom is 0.259 e. The van der Waals surface area contributed by atoms with Gasteiger partial charge in [0.2, 0.25) is 0 Å². The molecule has 0 radical (unpaired) electrons. The molecule has 0 fully saturated rings. The largest absolute Gasteiger partial charge is 0.322 e. The van der Waals surface area contributed by atoms with E-state index in [0.717, 1.165) is 24.2 Å². The summed E-state index contributed by atoms with van der Waals surface area (Å²) in [5.74, 6) is 0.334. The second-order valence-corrected chi connectivity index (χ2v) is 7.04. The molecule has 1 amide bonds. The number of carbonyl (C=O) groups is 1. The average molecular weight is 396 g/mol. The zero-order chi connectivity index (χ0) is 21.6. The molecular formula is C25H37N3O. The van der Waals surface area contributed by atoms with Gasteiger partial charge in [-0.1, -0.05) is 64.0 Å². The average Bonchev–Trinajstić information content (AvgIpc) is 3.13. The number of nitrogens with one attached hydrogen (secondary N) is 1. The third-order valence-corrected chi connectivity index (χ3v) is 4.84. The molecule has 0 aliphatic heterocycles. The fourth-order valence-electron chi connectivity index (χ4n) is 3.36. The van der Waals surface area contributed by atoms with Gasteiger partial charge in [0.15, 0.2) is 0 Å². The van der Waals surface area contributed by atoms with Gasteiger partial charge in [-0.3, -0.25) is 4.79 Å². The molecule has 1 rings (SSSR count). The van der Waals surface area contributed by atoms with Crippen molar-refractivity contribution in [1.29, 1.82) is 0 Å². The summed E-state index contributed by atoms with van der Waals surface area (Å²) in [6, 6.07) is 0. The van der Waals surface area contributed by atoms with E-state index in [4.69, 9.17) is 0 Å². The number of aromatic nitrogens is 2. The standard InChI is InChI=1S/C25H37N3O/c1-7-13-17-20(14-8-2)21(15-9-3)18-22(11-5)27-25(29)23-19-26-28(12-6)24(23)16-10-4/h9-12,15-16,18-20H,6-8,13-14,17H2,1-5H3,(H,27,29)/b15-9-,16-10-,21-18+,22-11+. The molecule has 0 aromatic carbocycles. The third-order valence-electron chi connectivity index (χ3n) is 4.84. The Morgan fingerprint density at radius 1 is 1.21 bits per heavy atom. The van der Waals surface area contributed by atoms with E-state index in [1.165, 1.54) is 24.8 Å². The van der Waals surface area contributed by atoms with Crippen LogP contribution in [0.3, 0.4) is 0 Å². The molecule has 0 spiro atoms. The van der Waals surface area contributed by atoms with Crippen molar-refractivity contribution in [2.75, 3.05) is 0 Å². The van der Waals surface area contributed by atoms with Gasteiger partial charge >= 0.3 is 0 Å². The van der Waals surface area contributed by atoms with Crippen LogP contribution in [-0.2, 0) is 0 Å². The zero-order valence-electron chi connectivity index (χ0n) is 18.7. The van der Waals surface area contributed by atoms with Gasteiger partial charge in [0.25, 0.3) is 5.91 Å². The SMILES string of the molecule is C=Cn1ncc(C(=O)NC(/C=C(\C=C/C)C(CCC)CCCC)=C/C)c1/C=C\C. The molecule has 1 aromatic heterocycles. The first-order valence-corrected chi connectivity index (χ1v) is 10.7. The monoisotopic (exact) mass is 395 g/mol. The smallest absolute Gasteiger partial charge is 0.259 e. The van der Waals surface area contributed by atoms with Crippen molar-refractivity contribution in [3.63, 3.8) is 0 Å². The van der Waals surface area contributed by atoms with Crippen LogP contribution in [0, 0.1) is 5.92 Å². The minimum atomic E-state index is -0.170. The summed E-state index contributed by atoms with van der Waals surface area (Å²) >= 11 is 0. The Morgan fingerprint density at radius 2 is 1.97 bits per heavy atom. The molecule has 1 unspecified atom stereocenters. The lowest BCUT2D eigenvalue weighted by Crippen LogP contribution is -2.23. The van der Waals surface area contributed by atoms with Gasteiger partial charge in [0.05, 0.1) is 17.5 Å². The van der Waals surface area contributed by atoms with Gasteiger partial charge in [0.1, 0.15) is 0 Å². The van der Waals surface area contributed by atoms with Crippen LogP contribution in [0.5, 0.6) is 0 Å². The van der Waals surface area contributed by atoms with Crippen molar-refractivity contribution in [1.82, 2.24) is 15.1 Å². The Labute approximate surface area is 176 Å². The van der Waals surface area contributed by atoms with Crippen molar-refractivity contribution >= 4 is 18.2 Å². The molecule has 4 heteroatoms. The van der Waals surface area contributed by atoms with Crippen LogP contribution in [0.2, 0.25) is 0 Å². The van der Waals surface area contributed by atoms with E-state index in [1.807, 2.05) is 39.0 Å². The lowest BCUT2D eigenvalue weighted by molar-refractivity contribution is 0.0967. The Kier molecular flexibility index (Phi) is 11.4. The highest BCUT2D eigenvalue weighted by Crippen LogP contribution is 2.26. The van der Waals surface area contributed by atoms with Crippen LogP contribution in [0.15, 0.2) is 54.4 Å². The second-order valence-electron chi connectivity index (χ2n) is 7.04. The van der Waals surface area contributed by atoms with Crippen LogP contribution >= 0.6 is 0 Å². The van der Waals surface area contributed by atoms with E-state index < -0.39 is 0 Å². The third kappa shape index (κ3) is 7.37. The molecule has 1 N–H and O–H groups in total. The number of rotatable bonds is 12. The van der Waals surface area contributed by atoms with Crippen molar-refractivity contribution in [2.45, 2.75) is 66.7 Å². The number of unbranched alkanes of at least 4 members (excludes halogenated alkanes) is 1. The molecule has 0 bridgehead atoms. The zero-order valence-corrected chi connectivity index (χ0v) is 18.7. The molecule has 1 heterocycles. The highest BCUT2D eigenvalue weighted by Gasteiger charge is 2.16. The molecule has 158 valence electrons. The predicted octanol–water partition coefficient (Wildman–Crippen LogP) is 6.76. The van der Waals surface area contributed by atoms with Crippen molar-refractivity contribution in [2.24, 2.45) is 5.92 Å². The van der Waals surface area contributed by atoms with Crippen molar-refractivity contribution in [3.05, 3.63) is 65.7 Å². The second kappa shape index (κ2) is 13.5. The van der Waals surface area contributed by atoms with Crippen LogP contribution in [0.25, 0.3) is 12.3 Å². The van der Waals surface area contributed by atoms with E-state index in [2.05, 4.69) is 49.1 Å². The summed E-state index contributed by atoms with van der Waals surface area (Å²) in [7, 11) is 0. The Morgan fingerprint density at radius 3 is 2.52 bits per heavy atom. The van der Waals surface area contributed by atoms with Crippen LogP contribution in [-0.4, -0.2) is 15.7 Å². The van der Waals surface area contributed by atoms with E-state index in [9.17, 15) is 4.79 Å². The summed E-state index contributed by atoms with van der Waals surface area (Å²) in [5.41, 5.74) is 3.32. The molecule has 0 saturated carbocycles. The normalized spacial score (nSPS) is 14.0. The fraction of sp³-hybridized carbons (Fsp3) is 0.440. The summed E-state index contributed by atoms with van der Waals surface area (Å²) in [6.45, 7) is 14.1. The molecule has 1 atom stereocenters. The molecule has 4 nitrogen and oxygen atoms in total. The number of allylic oxidation sites excluding steroid dienone is 6. The quantitative estimate of drug-likeness (QED) is 0.397. The highest BCUT2D eigenvalue weighted by atomic mass is 16.1. The molecule has 0 saturated heterocycles. The highest BCUT2D eigenvalue weighted by molar-refractivity contribution is 5.98. The Balaban J connectivity index is 3.15. The van der Waals surface area contributed by atoms with E-state index in [0.29, 0.717) is 11.5 Å². The minimum absolute atomic E-state index is 0.170. The summed E-state index contributed by atoms with van der Waals surface area (Å²) in [4.78, 5) is 12.9. The van der Waals surface area contributed by atoms with Gasteiger partial charge < -0.3 is 5.32 Å². The van der Waals surface area contributed by atoms with Gasteiger partial charge in [-0.05, 0) is 57.3 Å². The maximum atomic E-state index is 12.9. The van der Waals surface area contributed by atoms with Crippen LogP contribution in [0.1, 0.15) is 82.8 Å². The van der Waals surface area contributed by atoms with E-state index in [-0.39, 0.29) is 5.91 Å². The minimum Gasteiger partial charge on any atom is -0.322 e. The topological polar surface area (TPSA) is 46.9 Å². The van der Waals surface area contributed by atoms with Crippen LogP contribution < -0.4 is 5.32 Å². The van der Waals surface area contributed by atoms with Crippen LogP contribution in [0.4, 0.5) is 0 Å². The van der Waals surface area contributed by atoms with Crippen molar-refractivity contribution < 1.29 is 4.79 Å². The van der Waals surface area contributed by atoms with Gasteiger partial charge in [-0.2, -0.15) is 5.10 Å². The molecular weight excluding hydrogens is 358 g/mol. The number of hydrogen-bond donors (Lipinski definition) is 1. The summed E-state index contributed by atoms with van der Waals surface area (Å²) in [6.07, 6.45) is 21.1. The maximum absolute atomic E-state index is 12.9. The first-order valence-electron chi connectivity index (χ1n) is 10.7. The molecule has 0 aliphatic carbocycles. The summed E-state index contributed by atoms with van der Waals surface area (Å²) < 4.78 is 1.60. The number of hydrogen-bond acceptors (Lipinski definition) is 2. The lowest BCUT2D eigenvalue weighted by atomic mass is 9.88. The summed E-state index contributed by atoms with van der Waals surface area (Å²) in [5, 5.41) is 7.28. The van der Waals surface area contributed by atoms with Crippen molar-refractivity contribution in [3.8, 4) is 0 Å². The van der Waals surface area contributed by atoms with Gasteiger partial charge in [-0.25, -0.2) is 4.68 Å². The van der Waals surface area contributed by atoms with E-state index in [1.54, 1.807) is 17.1 Å². The number of amides is 1. The molecule has 0 aliphatic rings. The molecule has 1 aromatic rings. The molecule has 29 heavy (non-hydrogen) atoms. The predicted molar refractivity (Wildman–Crippen MR) is 125 cm³/mol. The number of carbonyl (C=O) groups excluding carboxylic acids is 1.